The molecule has 0 N–H and O–H groups in total. The zero-order valence-corrected chi connectivity index (χ0v) is 8.41. The van der Waals surface area contributed by atoms with Crippen LogP contribution in [-0.4, -0.2) is 9.78 Å². The second-order valence-electron chi connectivity index (χ2n) is 2.92. The molecule has 4 heteroatoms. The van der Waals surface area contributed by atoms with Gasteiger partial charge in [0.25, 0.3) is 4.84 Å². The lowest BCUT2D eigenvalue weighted by Gasteiger charge is -1.94. The Hall–Kier alpha value is -1.42. The molecule has 1 aromatic carbocycles. The zero-order chi connectivity index (χ0) is 10.1. The number of hydrogen-bond donors (Lipinski definition) is 0. The molecular formula is C10H8N2OS. The van der Waals surface area contributed by atoms with E-state index in [0.717, 1.165) is 5.56 Å². The van der Waals surface area contributed by atoms with Crippen molar-refractivity contribution >= 4 is 12.2 Å². The topological polar surface area (TPSA) is 31.0 Å². The smallest absolute Gasteiger partial charge is 0.287 e. The SMILES string of the molecule is [CH]c1cccc(-c2nn(C)c(=S)o2)c1. The Labute approximate surface area is 87.0 Å². The van der Waals surface area contributed by atoms with Gasteiger partial charge in [0.2, 0.25) is 5.89 Å². The van der Waals surface area contributed by atoms with Crippen LogP contribution in [-0.2, 0) is 7.05 Å². The molecule has 0 unspecified atom stereocenters. The van der Waals surface area contributed by atoms with Crippen molar-refractivity contribution < 1.29 is 4.42 Å². The zero-order valence-electron chi connectivity index (χ0n) is 7.60. The number of nitrogens with zero attached hydrogens (tertiary/aromatic N) is 2. The highest BCUT2D eigenvalue weighted by Crippen LogP contribution is 2.18. The maximum absolute atomic E-state index is 5.64. The van der Waals surface area contributed by atoms with Gasteiger partial charge in [-0.2, -0.15) is 0 Å². The Morgan fingerprint density at radius 1 is 1.50 bits per heavy atom. The predicted molar refractivity (Wildman–Crippen MR) is 55.1 cm³/mol. The molecule has 0 bridgehead atoms. The van der Waals surface area contributed by atoms with Gasteiger partial charge in [-0.05, 0) is 36.8 Å². The number of rotatable bonds is 1. The van der Waals surface area contributed by atoms with Gasteiger partial charge < -0.3 is 4.42 Å². The summed E-state index contributed by atoms with van der Waals surface area (Å²) in [5.41, 5.74) is 1.51. The van der Waals surface area contributed by atoms with Crippen LogP contribution in [0.1, 0.15) is 5.56 Å². The minimum atomic E-state index is 0.349. The van der Waals surface area contributed by atoms with E-state index in [-0.39, 0.29) is 0 Å². The van der Waals surface area contributed by atoms with Gasteiger partial charge in [-0.15, -0.1) is 5.10 Å². The fourth-order valence-electron chi connectivity index (χ4n) is 1.13. The lowest BCUT2D eigenvalue weighted by molar-refractivity contribution is 0.534. The van der Waals surface area contributed by atoms with Crippen molar-refractivity contribution in [2.45, 2.75) is 0 Å². The van der Waals surface area contributed by atoms with Crippen LogP contribution in [0, 0.1) is 11.8 Å². The first kappa shape index (κ1) is 9.15. The van der Waals surface area contributed by atoms with Gasteiger partial charge in [0, 0.05) is 12.6 Å². The lowest BCUT2D eigenvalue weighted by Crippen LogP contribution is -1.89. The fraction of sp³-hybridized carbons (Fsp3) is 0.100. The monoisotopic (exact) mass is 204 g/mol. The first-order valence-corrected chi connectivity index (χ1v) is 4.48. The standard InChI is InChI=1S/C10H8N2OS/c1-7-4-3-5-8(6-7)9-11-12(2)10(14)13-9/h1,3-6H,2H3. The third-order valence-electron chi connectivity index (χ3n) is 1.82. The van der Waals surface area contributed by atoms with Gasteiger partial charge in [-0.3, -0.25) is 0 Å². The Kier molecular flexibility index (Phi) is 2.21. The van der Waals surface area contributed by atoms with Crippen molar-refractivity contribution in [2.24, 2.45) is 7.05 Å². The summed E-state index contributed by atoms with van der Waals surface area (Å²) in [5, 5.41) is 4.11. The van der Waals surface area contributed by atoms with Crippen LogP contribution >= 0.6 is 12.2 Å². The summed E-state index contributed by atoms with van der Waals surface area (Å²) in [4.78, 5) is 0.349. The third kappa shape index (κ3) is 1.61. The molecule has 0 atom stereocenters. The van der Waals surface area contributed by atoms with E-state index in [0.29, 0.717) is 16.3 Å². The molecule has 2 aromatic rings. The van der Waals surface area contributed by atoms with Crippen LogP contribution in [0.15, 0.2) is 28.7 Å². The molecule has 2 radical (unpaired) electrons. The van der Waals surface area contributed by atoms with Crippen LogP contribution < -0.4 is 0 Å². The van der Waals surface area contributed by atoms with Gasteiger partial charge in [0.1, 0.15) is 0 Å². The average molecular weight is 204 g/mol. The minimum Gasteiger partial charge on any atom is -0.409 e. The molecule has 1 heterocycles. The highest BCUT2D eigenvalue weighted by Gasteiger charge is 2.05. The van der Waals surface area contributed by atoms with Gasteiger partial charge in [-0.25, -0.2) is 4.68 Å². The van der Waals surface area contributed by atoms with Crippen molar-refractivity contribution in [1.82, 2.24) is 9.78 Å². The molecule has 1 aromatic heterocycles. The van der Waals surface area contributed by atoms with Crippen molar-refractivity contribution in [2.75, 3.05) is 0 Å². The molecule has 70 valence electrons. The normalized spacial score (nSPS) is 10.4. The molecule has 0 aliphatic rings. The number of aromatic nitrogens is 2. The maximum Gasteiger partial charge on any atom is 0.287 e. The van der Waals surface area contributed by atoms with E-state index in [9.17, 15) is 0 Å². The summed E-state index contributed by atoms with van der Waals surface area (Å²) in [7, 11) is 1.74. The molecular weight excluding hydrogens is 196 g/mol. The quantitative estimate of drug-likeness (QED) is 0.668. The van der Waals surface area contributed by atoms with Crippen molar-refractivity contribution in [3.8, 4) is 11.5 Å². The Balaban J connectivity index is 2.54. The molecule has 14 heavy (non-hydrogen) atoms. The number of benzene rings is 1. The minimum absolute atomic E-state index is 0.349. The first-order chi connectivity index (χ1) is 6.66. The van der Waals surface area contributed by atoms with Crippen LogP contribution in [0.4, 0.5) is 0 Å². The van der Waals surface area contributed by atoms with E-state index >= 15 is 0 Å². The molecule has 2 rings (SSSR count). The van der Waals surface area contributed by atoms with E-state index in [1.54, 1.807) is 19.2 Å². The maximum atomic E-state index is 5.64. The summed E-state index contributed by atoms with van der Waals surface area (Å²) >= 11 is 4.91. The Bertz CT molecular complexity index is 513. The highest BCUT2D eigenvalue weighted by molar-refractivity contribution is 7.71. The summed E-state index contributed by atoms with van der Waals surface area (Å²) < 4.78 is 6.77. The molecule has 0 saturated heterocycles. The van der Waals surface area contributed by atoms with Crippen LogP contribution in [0.5, 0.6) is 0 Å². The largest absolute Gasteiger partial charge is 0.409 e. The molecule has 0 aliphatic carbocycles. The van der Waals surface area contributed by atoms with E-state index in [2.05, 4.69) is 5.10 Å². The van der Waals surface area contributed by atoms with Gasteiger partial charge in [0.15, 0.2) is 0 Å². The van der Waals surface area contributed by atoms with Gasteiger partial charge in [0.05, 0.1) is 0 Å². The van der Waals surface area contributed by atoms with E-state index < -0.39 is 0 Å². The first-order valence-electron chi connectivity index (χ1n) is 4.07. The molecule has 3 nitrogen and oxygen atoms in total. The summed E-state index contributed by atoms with van der Waals surface area (Å²) in [6, 6.07) is 7.32. The number of hydrogen-bond acceptors (Lipinski definition) is 3. The molecule has 0 fully saturated rings. The number of aryl methyl sites for hydroxylation is 1. The van der Waals surface area contributed by atoms with Crippen LogP contribution in [0.2, 0.25) is 0 Å². The summed E-state index contributed by atoms with van der Waals surface area (Å²) in [6.07, 6.45) is 0. The lowest BCUT2D eigenvalue weighted by atomic mass is 10.1. The third-order valence-corrected chi connectivity index (χ3v) is 2.17. The van der Waals surface area contributed by atoms with Crippen molar-refractivity contribution in [3.05, 3.63) is 41.6 Å². The molecule has 0 saturated carbocycles. The summed E-state index contributed by atoms with van der Waals surface area (Å²) in [6.45, 7) is 5.64. The molecule has 0 spiro atoms. The molecule has 0 amide bonds. The summed E-state index contributed by atoms with van der Waals surface area (Å²) in [5.74, 6) is 0.491. The van der Waals surface area contributed by atoms with Crippen LogP contribution in [0.25, 0.3) is 11.5 Å². The van der Waals surface area contributed by atoms with Crippen molar-refractivity contribution in [1.29, 1.82) is 0 Å². The van der Waals surface area contributed by atoms with Crippen LogP contribution in [0.3, 0.4) is 0 Å². The van der Waals surface area contributed by atoms with Gasteiger partial charge >= 0.3 is 0 Å². The predicted octanol–water partition coefficient (Wildman–Crippen LogP) is 2.47. The average Bonchev–Trinajstić information content (AvgIpc) is 2.47. The second kappa shape index (κ2) is 3.38. The Morgan fingerprint density at radius 3 is 2.86 bits per heavy atom. The van der Waals surface area contributed by atoms with E-state index in [4.69, 9.17) is 23.6 Å². The van der Waals surface area contributed by atoms with E-state index in [1.165, 1.54) is 4.68 Å². The second-order valence-corrected chi connectivity index (χ2v) is 3.27. The fourth-order valence-corrected chi connectivity index (χ4v) is 1.25. The van der Waals surface area contributed by atoms with Crippen molar-refractivity contribution in [3.63, 3.8) is 0 Å². The van der Waals surface area contributed by atoms with Gasteiger partial charge in [-0.1, -0.05) is 12.1 Å². The highest BCUT2D eigenvalue weighted by atomic mass is 32.1. The Morgan fingerprint density at radius 2 is 2.29 bits per heavy atom. The van der Waals surface area contributed by atoms with E-state index in [1.807, 2.05) is 12.1 Å². The molecule has 0 aliphatic heterocycles.